The number of hydrogen-bond acceptors (Lipinski definition) is 1. The Morgan fingerprint density at radius 1 is 1.30 bits per heavy atom. The second-order valence-corrected chi connectivity index (χ2v) is 6.21. The summed E-state index contributed by atoms with van der Waals surface area (Å²) in [6.07, 6.45) is 1.74. The predicted molar refractivity (Wildman–Crippen MR) is 90.3 cm³/mol. The van der Waals surface area contributed by atoms with E-state index in [9.17, 15) is 9.18 Å². The summed E-state index contributed by atoms with van der Waals surface area (Å²) in [5, 5.41) is 3.49. The highest BCUT2D eigenvalue weighted by atomic mass is 35.5. The Kier molecular flexibility index (Phi) is 4.53. The predicted octanol–water partition coefficient (Wildman–Crippen LogP) is 5.16. The molecule has 1 aliphatic rings. The van der Waals surface area contributed by atoms with Crippen molar-refractivity contribution in [2.24, 2.45) is 0 Å². The molecule has 3 rings (SSSR count). The lowest BCUT2D eigenvalue weighted by Crippen LogP contribution is -2.34. The maximum absolute atomic E-state index is 13.4. The largest absolute Gasteiger partial charge is 0.322 e. The van der Waals surface area contributed by atoms with Gasteiger partial charge in [0.1, 0.15) is 5.82 Å². The molecule has 0 spiro atoms. The van der Waals surface area contributed by atoms with E-state index in [1.54, 1.807) is 17.0 Å². The lowest BCUT2D eigenvalue weighted by molar-refractivity contribution is 0.207. The minimum atomic E-state index is -0.278. The van der Waals surface area contributed by atoms with Crippen molar-refractivity contribution < 1.29 is 9.18 Å². The van der Waals surface area contributed by atoms with E-state index in [1.165, 1.54) is 12.1 Å². The Balaban J connectivity index is 1.76. The molecule has 1 fully saturated rings. The molecule has 2 amide bonds. The van der Waals surface area contributed by atoms with Gasteiger partial charge in [0, 0.05) is 17.3 Å². The minimum absolute atomic E-state index is 0.0911. The van der Waals surface area contributed by atoms with Crippen LogP contribution in [0.4, 0.5) is 14.9 Å². The third-order valence-electron chi connectivity index (χ3n) is 4.17. The van der Waals surface area contributed by atoms with Crippen molar-refractivity contribution in [2.45, 2.75) is 25.8 Å². The number of likely N-dealkylation sites (tertiary alicyclic amines) is 1. The molecule has 2 aromatic rings. The molecule has 1 unspecified atom stereocenters. The summed E-state index contributed by atoms with van der Waals surface area (Å²) < 4.78 is 13.4. The highest BCUT2D eigenvalue weighted by Crippen LogP contribution is 2.32. The van der Waals surface area contributed by atoms with Crippen LogP contribution in [-0.2, 0) is 0 Å². The number of aryl methyl sites for hydroxylation is 1. The molecule has 23 heavy (non-hydrogen) atoms. The zero-order valence-electron chi connectivity index (χ0n) is 12.9. The summed E-state index contributed by atoms with van der Waals surface area (Å²) in [4.78, 5) is 14.3. The highest BCUT2D eigenvalue weighted by molar-refractivity contribution is 6.31. The molecule has 1 aliphatic heterocycles. The number of benzene rings is 2. The fourth-order valence-electron chi connectivity index (χ4n) is 2.94. The van der Waals surface area contributed by atoms with Gasteiger partial charge in [-0.2, -0.15) is 0 Å². The van der Waals surface area contributed by atoms with Gasteiger partial charge in [-0.05, 0) is 55.2 Å². The number of amides is 2. The summed E-state index contributed by atoms with van der Waals surface area (Å²) >= 11 is 6.09. The number of rotatable bonds is 2. The Morgan fingerprint density at radius 2 is 2.13 bits per heavy atom. The SMILES string of the molecule is Cc1ccc(NC(=O)N2CCCC2c2cccc(F)c2)cc1Cl. The van der Waals surface area contributed by atoms with Crippen LogP contribution in [0.5, 0.6) is 0 Å². The number of carbonyl (C=O) groups is 1. The first-order chi connectivity index (χ1) is 11.0. The zero-order valence-corrected chi connectivity index (χ0v) is 13.6. The molecular weight excluding hydrogens is 315 g/mol. The smallest absolute Gasteiger partial charge is 0.317 e. The van der Waals surface area contributed by atoms with Gasteiger partial charge < -0.3 is 10.2 Å². The summed E-state index contributed by atoms with van der Waals surface area (Å²) in [5.74, 6) is -0.278. The number of urea groups is 1. The van der Waals surface area contributed by atoms with Crippen LogP contribution in [0.3, 0.4) is 0 Å². The average molecular weight is 333 g/mol. The van der Waals surface area contributed by atoms with Crippen molar-refractivity contribution in [2.75, 3.05) is 11.9 Å². The average Bonchev–Trinajstić information content (AvgIpc) is 3.00. The molecule has 1 N–H and O–H groups in total. The molecule has 1 atom stereocenters. The lowest BCUT2D eigenvalue weighted by atomic mass is 10.0. The van der Waals surface area contributed by atoms with Crippen LogP contribution < -0.4 is 5.32 Å². The van der Waals surface area contributed by atoms with Crippen LogP contribution in [0.2, 0.25) is 5.02 Å². The molecular formula is C18H18ClFN2O. The van der Waals surface area contributed by atoms with Crippen molar-refractivity contribution in [3.63, 3.8) is 0 Å². The van der Waals surface area contributed by atoms with Crippen molar-refractivity contribution in [3.05, 3.63) is 64.4 Å². The summed E-state index contributed by atoms with van der Waals surface area (Å²) in [5.41, 5.74) is 2.46. The van der Waals surface area contributed by atoms with Crippen molar-refractivity contribution in [3.8, 4) is 0 Å². The Bertz CT molecular complexity index is 735. The molecule has 2 aromatic carbocycles. The van der Waals surface area contributed by atoms with E-state index >= 15 is 0 Å². The molecule has 120 valence electrons. The van der Waals surface area contributed by atoms with Crippen LogP contribution >= 0.6 is 11.6 Å². The molecule has 0 radical (unpaired) electrons. The van der Waals surface area contributed by atoms with Gasteiger partial charge in [0.2, 0.25) is 0 Å². The zero-order chi connectivity index (χ0) is 16.4. The van der Waals surface area contributed by atoms with E-state index in [0.29, 0.717) is 17.3 Å². The first-order valence-electron chi connectivity index (χ1n) is 7.64. The Morgan fingerprint density at radius 3 is 2.87 bits per heavy atom. The van der Waals surface area contributed by atoms with Gasteiger partial charge in [-0.15, -0.1) is 0 Å². The highest BCUT2D eigenvalue weighted by Gasteiger charge is 2.30. The van der Waals surface area contributed by atoms with Crippen LogP contribution in [0.25, 0.3) is 0 Å². The monoisotopic (exact) mass is 332 g/mol. The first-order valence-corrected chi connectivity index (χ1v) is 8.01. The molecule has 0 aromatic heterocycles. The number of anilines is 1. The summed E-state index contributed by atoms with van der Waals surface area (Å²) in [6, 6.07) is 11.6. The van der Waals surface area contributed by atoms with Gasteiger partial charge in [0.05, 0.1) is 6.04 Å². The van der Waals surface area contributed by atoms with E-state index in [4.69, 9.17) is 11.6 Å². The molecule has 0 saturated carbocycles. The minimum Gasteiger partial charge on any atom is -0.317 e. The van der Waals surface area contributed by atoms with Crippen LogP contribution in [0, 0.1) is 12.7 Å². The van der Waals surface area contributed by atoms with Crippen LogP contribution in [0.1, 0.15) is 30.0 Å². The molecule has 0 aliphatic carbocycles. The van der Waals surface area contributed by atoms with E-state index in [2.05, 4.69) is 5.32 Å². The number of nitrogens with zero attached hydrogens (tertiary/aromatic N) is 1. The van der Waals surface area contributed by atoms with Gasteiger partial charge in [-0.25, -0.2) is 9.18 Å². The van der Waals surface area contributed by atoms with E-state index in [1.807, 2.05) is 25.1 Å². The topological polar surface area (TPSA) is 32.3 Å². The Hall–Kier alpha value is -2.07. The first kappa shape index (κ1) is 15.8. The van der Waals surface area contributed by atoms with Gasteiger partial charge in [-0.3, -0.25) is 0 Å². The molecule has 3 nitrogen and oxygen atoms in total. The number of carbonyl (C=O) groups excluding carboxylic acids is 1. The fraction of sp³-hybridized carbons (Fsp3) is 0.278. The summed E-state index contributed by atoms with van der Waals surface area (Å²) in [7, 11) is 0. The normalized spacial score (nSPS) is 17.3. The van der Waals surface area contributed by atoms with Crippen molar-refractivity contribution in [1.82, 2.24) is 4.90 Å². The standard InChI is InChI=1S/C18H18ClFN2O/c1-12-7-8-15(11-16(12)19)21-18(23)22-9-3-6-17(22)13-4-2-5-14(20)10-13/h2,4-5,7-8,10-11,17H,3,6,9H2,1H3,(H,21,23). The van der Waals surface area contributed by atoms with Crippen LogP contribution in [0.15, 0.2) is 42.5 Å². The molecule has 1 saturated heterocycles. The van der Waals surface area contributed by atoms with Gasteiger partial charge in [0.15, 0.2) is 0 Å². The van der Waals surface area contributed by atoms with Gasteiger partial charge in [0.25, 0.3) is 0 Å². The van der Waals surface area contributed by atoms with Gasteiger partial charge >= 0.3 is 6.03 Å². The van der Waals surface area contributed by atoms with E-state index in [0.717, 1.165) is 24.0 Å². The summed E-state index contributed by atoms with van der Waals surface area (Å²) in [6.45, 7) is 2.57. The fourth-order valence-corrected chi connectivity index (χ4v) is 3.12. The molecule has 5 heteroatoms. The molecule has 1 heterocycles. The lowest BCUT2D eigenvalue weighted by Gasteiger charge is -2.25. The molecule has 0 bridgehead atoms. The third kappa shape index (κ3) is 3.48. The number of nitrogens with one attached hydrogen (secondary N) is 1. The van der Waals surface area contributed by atoms with E-state index < -0.39 is 0 Å². The van der Waals surface area contributed by atoms with Crippen molar-refractivity contribution in [1.29, 1.82) is 0 Å². The second-order valence-electron chi connectivity index (χ2n) is 5.80. The van der Waals surface area contributed by atoms with Gasteiger partial charge in [-0.1, -0.05) is 29.8 Å². The van der Waals surface area contributed by atoms with Crippen LogP contribution in [-0.4, -0.2) is 17.5 Å². The maximum atomic E-state index is 13.4. The van der Waals surface area contributed by atoms with Crippen molar-refractivity contribution >= 4 is 23.3 Å². The Labute approximate surface area is 140 Å². The van der Waals surface area contributed by atoms with E-state index in [-0.39, 0.29) is 17.9 Å². The maximum Gasteiger partial charge on any atom is 0.322 e. The number of halogens is 2. The number of hydrogen-bond donors (Lipinski definition) is 1. The third-order valence-corrected chi connectivity index (χ3v) is 4.58. The quantitative estimate of drug-likeness (QED) is 0.809. The second kappa shape index (κ2) is 6.59.